The molecule has 4 aliphatic rings. The van der Waals surface area contributed by atoms with Crippen molar-refractivity contribution in [3.8, 4) is 5.75 Å². The van der Waals surface area contributed by atoms with Crippen molar-refractivity contribution in [2.75, 3.05) is 6.54 Å². The summed E-state index contributed by atoms with van der Waals surface area (Å²) < 4.78 is 20.7. The van der Waals surface area contributed by atoms with Crippen molar-refractivity contribution in [3.05, 3.63) is 63.8 Å². The first-order chi connectivity index (χ1) is 24.3. The lowest BCUT2D eigenvalue weighted by Crippen LogP contribution is -2.63. The van der Waals surface area contributed by atoms with Crippen molar-refractivity contribution >= 4 is 46.3 Å². The van der Waals surface area contributed by atoms with Gasteiger partial charge in [-0.25, -0.2) is 5.43 Å². The molecule has 4 aliphatic heterocycles. The van der Waals surface area contributed by atoms with E-state index in [1.807, 2.05) is 63.0 Å². The molecule has 2 unspecified atom stereocenters. The number of benzene rings is 1. The number of nitrogens with one attached hydrogen (secondary N) is 3. The Morgan fingerprint density at radius 3 is 2.63 bits per heavy atom. The monoisotopic (exact) mass is 818 g/mol. The Morgan fingerprint density at radius 1 is 1.12 bits per heavy atom. The first kappa shape index (κ1) is 38.9. The van der Waals surface area contributed by atoms with Gasteiger partial charge in [0.1, 0.15) is 30.0 Å². The van der Waals surface area contributed by atoms with E-state index < -0.39 is 59.8 Å². The van der Waals surface area contributed by atoms with Gasteiger partial charge < -0.3 is 30.0 Å². The number of hydrogen-bond donors (Lipinski definition) is 4. The summed E-state index contributed by atoms with van der Waals surface area (Å²) >= 11 is 2.13. The fourth-order valence-electron chi connectivity index (χ4n) is 7.20. The molecule has 0 spiro atoms. The van der Waals surface area contributed by atoms with E-state index >= 15 is 0 Å². The van der Waals surface area contributed by atoms with Gasteiger partial charge in [-0.15, -0.1) is 0 Å². The summed E-state index contributed by atoms with van der Waals surface area (Å²) in [6.45, 7) is 9.80. The van der Waals surface area contributed by atoms with Crippen LogP contribution in [0.25, 0.3) is 0 Å². The second kappa shape index (κ2) is 17.0. The van der Waals surface area contributed by atoms with Crippen LogP contribution in [-0.2, 0) is 39.8 Å². The van der Waals surface area contributed by atoms with Gasteiger partial charge >= 0.3 is 5.97 Å². The first-order valence-electron chi connectivity index (χ1n) is 17.9. The second-order valence-corrected chi connectivity index (χ2v) is 15.2. The molecule has 5 bridgehead atoms. The Labute approximate surface area is 313 Å². The summed E-state index contributed by atoms with van der Waals surface area (Å²) in [5.41, 5.74) is 4.57. The molecule has 3 amide bonds. The number of halogens is 1. The predicted molar refractivity (Wildman–Crippen MR) is 199 cm³/mol. The lowest BCUT2D eigenvalue weighted by atomic mass is 9.79. The Balaban J connectivity index is 1.49. The minimum Gasteiger partial charge on any atom is -0.508 e. The summed E-state index contributed by atoms with van der Waals surface area (Å²) in [4.78, 5) is 55.7. The molecular formula is C38H51IN4O8. The van der Waals surface area contributed by atoms with Crippen LogP contribution < -0.4 is 16.1 Å². The quantitative estimate of drug-likeness (QED) is 0.256. The zero-order valence-corrected chi connectivity index (χ0v) is 32.1. The highest BCUT2D eigenvalue weighted by Gasteiger charge is 2.51. The Bertz CT molecular complexity index is 1550. The van der Waals surface area contributed by atoms with E-state index in [2.05, 4.69) is 38.7 Å². The molecule has 3 fully saturated rings. The van der Waals surface area contributed by atoms with Gasteiger partial charge in [-0.2, -0.15) is 0 Å². The maximum absolute atomic E-state index is 14.2. The van der Waals surface area contributed by atoms with Gasteiger partial charge in [-0.1, -0.05) is 79.8 Å². The van der Waals surface area contributed by atoms with Gasteiger partial charge in [0.25, 0.3) is 5.91 Å². The first-order valence-corrected chi connectivity index (χ1v) is 19.2. The highest BCUT2D eigenvalue weighted by Crippen LogP contribution is 2.44. The molecule has 5 rings (SSSR count). The Kier molecular flexibility index (Phi) is 13.0. The highest BCUT2D eigenvalue weighted by molar-refractivity contribution is 14.1. The Morgan fingerprint density at radius 2 is 1.90 bits per heavy atom. The molecule has 1 aromatic carbocycles. The topological polar surface area (TPSA) is 156 Å². The average molecular weight is 819 g/mol. The van der Waals surface area contributed by atoms with Crippen LogP contribution in [0.3, 0.4) is 0 Å². The number of fused-ring (bicyclic) bond motifs is 4. The number of carbonyl (C=O) groups is 4. The van der Waals surface area contributed by atoms with Crippen LogP contribution in [0.2, 0.25) is 0 Å². The van der Waals surface area contributed by atoms with Gasteiger partial charge in [-0.3, -0.25) is 24.2 Å². The number of rotatable bonds is 4. The highest BCUT2D eigenvalue weighted by atomic mass is 127. The number of aromatic hydroxyl groups is 1. The normalized spacial score (nSPS) is 35.6. The largest absolute Gasteiger partial charge is 0.508 e. The van der Waals surface area contributed by atoms with Gasteiger partial charge in [0.15, 0.2) is 5.79 Å². The van der Waals surface area contributed by atoms with Crippen LogP contribution >= 0.6 is 22.6 Å². The number of esters is 1. The lowest BCUT2D eigenvalue weighted by Gasteiger charge is -2.51. The van der Waals surface area contributed by atoms with Gasteiger partial charge in [-0.05, 0) is 66.4 Å². The van der Waals surface area contributed by atoms with E-state index in [4.69, 9.17) is 14.2 Å². The minimum absolute atomic E-state index is 0.0297. The van der Waals surface area contributed by atoms with Gasteiger partial charge in [0.2, 0.25) is 11.8 Å². The van der Waals surface area contributed by atoms with Crippen LogP contribution in [0.15, 0.2) is 58.2 Å². The number of hydrogen-bond acceptors (Lipinski definition) is 9. The maximum atomic E-state index is 14.2. The molecule has 0 radical (unpaired) electrons. The molecular weight excluding hydrogens is 767 g/mol. The Hall–Kier alpha value is -3.27. The standard InChI is InChI=1S/C38H51IN4O8/c1-22(2)32-35(46)40-29(20-25-11-9-12-26(44)19-25)36(47)43-18-10-13-28(42-43)37(48)49-30(23(3)21-39)14-7-6-8-15-31-24(4)33-27(34(45)41-32)16-17-38(5,50-31)51-33/h6-9,11-12,15,19,21-22,24,27-33,42,44H,10,13-14,16-18,20H2,1-5H3,(H,40,46)(H,41,45)/b7-6+,15-8+,23-21+/t24-,27+,28-,29-,30?,31-,32-,33+,38?/m0/s1. The van der Waals surface area contributed by atoms with Crippen molar-refractivity contribution in [2.24, 2.45) is 17.8 Å². The van der Waals surface area contributed by atoms with Crippen LogP contribution in [0.5, 0.6) is 5.75 Å². The number of allylic oxidation sites excluding steroid dienone is 2. The maximum Gasteiger partial charge on any atom is 0.325 e. The molecule has 13 heteroatoms. The number of cyclic esters (lactones) is 1. The third-order valence-electron chi connectivity index (χ3n) is 10.2. The number of amides is 3. The summed E-state index contributed by atoms with van der Waals surface area (Å²) in [5.74, 6) is -3.51. The van der Waals surface area contributed by atoms with Crippen LogP contribution in [-0.4, -0.2) is 82.6 Å². The molecule has 0 aromatic heterocycles. The second-order valence-electron chi connectivity index (χ2n) is 14.6. The number of carbonyl (C=O) groups excluding carboxylic acids is 4. The minimum atomic E-state index is -1.07. The molecule has 12 nitrogen and oxygen atoms in total. The fraction of sp³-hybridized carbons (Fsp3) is 0.579. The third kappa shape index (κ3) is 9.59. The average Bonchev–Trinajstić information content (AvgIpc) is 3.10. The van der Waals surface area contributed by atoms with Crippen molar-refractivity contribution < 1.29 is 38.5 Å². The zero-order chi connectivity index (χ0) is 36.9. The van der Waals surface area contributed by atoms with E-state index in [1.165, 1.54) is 11.1 Å². The third-order valence-corrected chi connectivity index (χ3v) is 11.2. The number of phenolic OH excluding ortho intramolecular Hbond substituents is 1. The lowest BCUT2D eigenvalue weighted by molar-refractivity contribution is -0.344. The molecule has 0 saturated carbocycles. The number of hydrazine groups is 1. The molecule has 0 aliphatic carbocycles. The van der Waals surface area contributed by atoms with E-state index in [1.54, 1.807) is 18.2 Å². The molecule has 3 saturated heterocycles. The van der Waals surface area contributed by atoms with E-state index in [0.717, 1.165) is 5.57 Å². The van der Waals surface area contributed by atoms with Crippen molar-refractivity contribution in [2.45, 2.75) is 115 Å². The van der Waals surface area contributed by atoms with Crippen molar-refractivity contribution in [3.63, 3.8) is 0 Å². The fourth-order valence-corrected chi connectivity index (χ4v) is 7.60. The molecule has 9 atom stereocenters. The molecule has 4 N–H and O–H groups in total. The van der Waals surface area contributed by atoms with E-state index in [-0.39, 0.29) is 36.0 Å². The summed E-state index contributed by atoms with van der Waals surface area (Å²) in [6, 6.07) is 3.72. The van der Waals surface area contributed by atoms with Crippen molar-refractivity contribution in [1.29, 1.82) is 0 Å². The van der Waals surface area contributed by atoms with Crippen LogP contribution in [0.4, 0.5) is 0 Å². The molecule has 51 heavy (non-hydrogen) atoms. The smallest absolute Gasteiger partial charge is 0.325 e. The summed E-state index contributed by atoms with van der Waals surface area (Å²) in [7, 11) is 0. The molecule has 278 valence electrons. The SMILES string of the molecule is C/C(=C\I)C1C/C=C/C=C/[C@@H]2OC3(C)CC[C@@H](C(=O)N[C@@H](C(C)C)C(=O)N[C@@H](Cc4cccc(O)c4)C(=O)N4CCC[C@H](N4)C(=O)O1)[C@H](O3)[C@H]2C. The zero-order valence-electron chi connectivity index (χ0n) is 30.0. The summed E-state index contributed by atoms with van der Waals surface area (Å²) in [6.07, 6.45) is 9.02. The molecule has 1 aromatic rings. The molecule has 4 heterocycles. The number of nitrogens with zero attached hydrogens (tertiary/aromatic N) is 1. The summed E-state index contributed by atoms with van der Waals surface area (Å²) in [5, 5.41) is 17.4. The van der Waals surface area contributed by atoms with E-state index in [9.17, 15) is 24.3 Å². The predicted octanol–water partition coefficient (Wildman–Crippen LogP) is 4.37. The van der Waals surface area contributed by atoms with Crippen molar-refractivity contribution in [1.82, 2.24) is 21.1 Å². The van der Waals surface area contributed by atoms with Gasteiger partial charge in [0, 0.05) is 31.7 Å². The van der Waals surface area contributed by atoms with Gasteiger partial charge in [0.05, 0.1) is 18.1 Å². The number of phenols is 1. The van der Waals surface area contributed by atoms with Crippen LogP contribution in [0, 0.1) is 17.8 Å². The van der Waals surface area contributed by atoms with E-state index in [0.29, 0.717) is 44.2 Å². The van der Waals surface area contributed by atoms with Crippen LogP contribution in [0.1, 0.15) is 72.3 Å². The number of ether oxygens (including phenoxy) is 3.